The largest absolute Gasteiger partial charge is 0.355 e. The number of rotatable bonds is 5. The fourth-order valence-electron chi connectivity index (χ4n) is 4.03. The number of hydrogen-bond acceptors (Lipinski definition) is 2. The first-order valence-corrected chi connectivity index (χ1v) is 9.94. The summed E-state index contributed by atoms with van der Waals surface area (Å²) in [5.41, 5.74) is 4.14. The number of anilines is 1. The van der Waals surface area contributed by atoms with Crippen molar-refractivity contribution in [3.8, 4) is 11.3 Å². The van der Waals surface area contributed by atoms with E-state index in [1.54, 1.807) is 0 Å². The molecule has 27 heavy (non-hydrogen) atoms. The maximum atomic E-state index is 12.8. The van der Waals surface area contributed by atoms with E-state index in [0.717, 1.165) is 61.4 Å². The molecule has 4 rings (SSSR count). The van der Waals surface area contributed by atoms with E-state index in [9.17, 15) is 4.79 Å². The van der Waals surface area contributed by atoms with Crippen LogP contribution < -0.4 is 5.32 Å². The van der Waals surface area contributed by atoms with Gasteiger partial charge in [-0.05, 0) is 56.6 Å². The Morgan fingerprint density at radius 3 is 2.93 bits per heavy atom. The average molecular weight is 361 g/mol. The molecular formula is C23H27N3O. The smallest absolute Gasteiger partial charge is 0.228 e. The van der Waals surface area contributed by atoms with Crippen LogP contribution in [0.1, 0.15) is 26.2 Å². The minimum atomic E-state index is 0.0852. The van der Waals surface area contributed by atoms with E-state index in [4.69, 9.17) is 0 Å². The van der Waals surface area contributed by atoms with Crippen LogP contribution in [-0.4, -0.2) is 35.4 Å². The van der Waals surface area contributed by atoms with Crippen LogP contribution in [0.3, 0.4) is 0 Å². The molecule has 3 aromatic rings. The third kappa shape index (κ3) is 4.06. The Morgan fingerprint density at radius 1 is 1.19 bits per heavy atom. The first kappa shape index (κ1) is 17.8. The number of para-hydroxylation sites is 1. The molecule has 1 aliphatic heterocycles. The second kappa shape index (κ2) is 7.97. The lowest BCUT2D eigenvalue weighted by Crippen LogP contribution is -2.40. The zero-order valence-corrected chi connectivity index (χ0v) is 15.9. The molecule has 1 fully saturated rings. The van der Waals surface area contributed by atoms with Gasteiger partial charge < -0.3 is 15.2 Å². The molecule has 0 radical (unpaired) electrons. The van der Waals surface area contributed by atoms with Gasteiger partial charge in [-0.25, -0.2) is 0 Å². The third-order valence-electron chi connectivity index (χ3n) is 5.39. The first-order valence-electron chi connectivity index (χ1n) is 9.94. The van der Waals surface area contributed by atoms with Crippen molar-refractivity contribution in [2.45, 2.75) is 26.2 Å². The van der Waals surface area contributed by atoms with E-state index >= 15 is 0 Å². The van der Waals surface area contributed by atoms with Crippen molar-refractivity contribution in [1.29, 1.82) is 0 Å². The minimum absolute atomic E-state index is 0.0852. The number of carbonyl (C=O) groups excluding carboxylic acids is 1. The number of aromatic nitrogens is 1. The summed E-state index contributed by atoms with van der Waals surface area (Å²) in [6, 6.07) is 18.5. The highest BCUT2D eigenvalue weighted by Gasteiger charge is 2.25. The molecule has 1 atom stereocenters. The van der Waals surface area contributed by atoms with Crippen molar-refractivity contribution in [3.05, 3.63) is 54.6 Å². The maximum absolute atomic E-state index is 12.8. The number of nitrogens with zero attached hydrogens (tertiary/aromatic N) is 1. The molecule has 2 N–H and O–H groups in total. The molecule has 2 heterocycles. The van der Waals surface area contributed by atoms with E-state index in [0.29, 0.717) is 0 Å². The second-order valence-corrected chi connectivity index (χ2v) is 7.48. The molecular weight excluding hydrogens is 334 g/mol. The molecule has 1 aliphatic rings. The highest BCUT2D eigenvalue weighted by atomic mass is 16.1. The highest BCUT2D eigenvalue weighted by Crippen LogP contribution is 2.26. The van der Waals surface area contributed by atoms with Crippen LogP contribution in [0.5, 0.6) is 0 Å². The molecule has 0 aliphatic carbocycles. The standard InChI is InChI=1S/C23H27N3O/c1-2-12-26-13-6-9-19(16-26)23(27)24-20-10-5-8-17(14-20)22-15-18-7-3-4-11-21(18)25-22/h3-5,7-8,10-11,14-15,19,25H,2,6,9,12-13,16H2,1H3,(H,24,27)/t19-/m1/s1. The summed E-state index contributed by atoms with van der Waals surface area (Å²) >= 11 is 0. The van der Waals surface area contributed by atoms with Gasteiger partial charge in [0.25, 0.3) is 0 Å². The van der Waals surface area contributed by atoms with Gasteiger partial charge in [0.2, 0.25) is 5.91 Å². The zero-order valence-electron chi connectivity index (χ0n) is 15.9. The van der Waals surface area contributed by atoms with Crippen molar-refractivity contribution in [2.24, 2.45) is 5.92 Å². The van der Waals surface area contributed by atoms with Crippen LogP contribution in [0, 0.1) is 5.92 Å². The predicted octanol–water partition coefficient (Wildman–Crippen LogP) is 4.90. The van der Waals surface area contributed by atoms with E-state index in [-0.39, 0.29) is 11.8 Å². The van der Waals surface area contributed by atoms with Crippen LogP contribution >= 0.6 is 0 Å². The number of carbonyl (C=O) groups is 1. The highest BCUT2D eigenvalue weighted by molar-refractivity contribution is 5.94. The third-order valence-corrected chi connectivity index (χ3v) is 5.39. The van der Waals surface area contributed by atoms with Gasteiger partial charge in [-0.15, -0.1) is 0 Å². The van der Waals surface area contributed by atoms with E-state index in [2.05, 4.69) is 52.5 Å². The molecule has 0 saturated carbocycles. The Morgan fingerprint density at radius 2 is 2.07 bits per heavy atom. The molecule has 1 saturated heterocycles. The number of benzene rings is 2. The lowest BCUT2D eigenvalue weighted by atomic mass is 9.97. The lowest BCUT2D eigenvalue weighted by Gasteiger charge is -2.31. The van der Waals surface area contributed by atoms with E-state index < -0.39 is 0 Å². The molecule has 1 aromatic heterocycles. The van der Waals surface area contributed by atoms with Gasteiger partial charge in [0, 0.05) is 34.4 Å². The number of piperidine rings is 1. The fraction of sp³-hybridized carbons (Fsp3) is 0.348. The molecule has 0 bridgehead atoms. The summed E-state index contributed by atoms with van der Waals surface area (Å²) in [5, 5.41) is 4.33. The van der Waals surface area contributed by atoms with Gasteiger partial charge >= 0.3 is 0 Å². The van der Waals surface area contributed by atoms with Crippen LogP contribution in [-0.2, 0) is 4.79 Å². The first-order chi connectivity index (χ1) is 13.2. The number of hydrogen-bond donors (Lipinski definition) is 2. The minimum Gasteiger partial charge on any atom is -0.355 e. The molecule has 140 valence electrons. The molecule has 4 nitrogen and oxygen atoms in total. The van der Waals surface area contributed by atoms with Gasteiger partial charge in [0.05, 0.1) is 5.92 Å². The SMILES string of the molecule is CCCN1CCC[C@@H](C(=O)Nc2cccc(-c3cc4ccccc4[nH]3)c2)C1. The Hall–Kier alpha value is -2.59. The Bertz CT molecular complexity index is 895. The van der Waals surface area contributed by atoms with Crippen LogP contribution in [0.15, 0.2) is 54.6 Å². The van der Waals surface area contributed by atoms with Crippen molar-refractivity contribution in [1.82, 2.24) is 9.88 Å². The summed E-state index contributed by atoms with van der Waals surface area (Å²) in [6.07, 6.45) is 3.22. The maximum Gasteiger partial charge on any atom is 0.228 e. The fourth-order valence-corrected chi connectivity index (χ4v) is 4.03. The average Bonchev–Trinajstić information content (AvgIpc) is 3.13. The topological polar surface area (TPSA) is 48.1 Å². The summed E-state index contributed by atoms with van der Waals surface area (Å²) in [6.45, 7) is 5.27. The van der Waals surface area contributed by atoms with Crippen molar-refractivity contribution >= 4 is 22.5 Å². The lowest BCUT2D eigenvalue weighted by molar-refractivity contribution is -0.121. The summed E-state index contributed by atoms with van der Waals surface area (Å²) in [7, 11) is 0. The zero-order chi connectivity index (χ0) is 18.6. The molecule has 0 spiro atoms. The summed E-state index contributed by atoms with van der Waals surface area (Å²) in [4.78, 5) is 18.6. The van der Waals surface area contributed by atoms with Crippen molar-refractivity contribution < 1.29 is 4.79 Å². The van der Waals surface area contributed by atoms with Crippen LogP contribution in [0.2, 0.25) is 0 Å². The molecule has 1 amide bonds. The summed E-state index contributed by atoms with van der Waals surface area (Å²) < 4.78 is 0. The van der Waals surface area contributed by atoms with Gasteiger partial charge in [0.15, 0.2) is 0 Å². The van der Waals surface area contributed by atoms with Crippen molar-refractivity contribution in [2.75, 3.05) is 25.0 Å². The number of likely N-dealkylation sites (tertiary alicyclic amines) is 1. The number of amides is 1. The number of fused-ring (bicyclic) bond motifs is 1. The summed E-state index contributed by atoms with van der Waals surface area (Å²) in [5.74, 6) is 0.228. The monoisotopic (exact) mass is 361 g/mol. The predicted molar refractivity (Wildman–Crippen MR) is 112 cm³/mol. The Labute approximate surface area is 160 Å². The van der Waals surface area contributed by atoms with E-state index in [1.807, 2.05) is 24.3 Å². The molecule has 4 heteroatoms. The number of aromatic amines is 1. The van der Waals surface area contributed by atoms with Gasteiger partial charge in [-0.1, -0.05) is 37.3 Å². The van der Waals surface area contributed by atoms with Crippen LogP contribution in [0.25, 0.3) is 22.2 Å². The van der Waals surface area contributed by atoms with E-state index in [1.165, 1.54) is 5.39 Å². The molecule has 2 aromatic carbocycles. The number of nitrogens with one attached hydrogen (secondary N) is 2. The van der Waals surface area contributed by atoms with Gasteiger partial charge in [-0.2, -0.15) is 0 Å². The Balaban J connectivity index is 1.48. The quantitative estimate of drug-likeness (QED) is 0.679. The van der Waals surface area contributed by atoms with Gasteiger partial charge in [0.1, 0.15) is 0 Å². The van der Waals surface area contributed by atoms with Gasteiger partial charge in [-0.3, -0.25) is 4.79 Å². The van der Waals surface area contributed by atoms with Crippen molar-refractivity contribution in [3.63, 3.8) is 0 Å². The molecule has 0 unspecified atom stereocenters. The second-order valence-electron chi connectivity index (χ2n) is 7.48. The normalized spacial score (nSPS) is 17.9. The number of H-pyrrole nitrogens is 1. The van der Waals surface area contributed by atoms with Crippen LogP contribution in [0.4, 0.5) is 5.69 Å². The Kier molecular flexibility index (Phi) is 5.26.